The first-order valence-corrected chi connectivity index (χ1v) is 7.93. The summed E-state index contributed by atoms with van der Waals surface area (Å²) in [6, 6.07) is 0. The van der Waals surface area contributed by atoms with Gasteiger partial charge in [-0.2, -0.15) is 0 Å². The minimum absolute atomic E-state index is 0.203. The van der Waals surface area contributed by atoms with Crippen LogP contribution in [0.2, 0.25) is 5.02 Å². The molecule has 2 rings (SSSR count). The molecule has 1 aliphatic rings. The third-order valence-corrected chi connectivity index (χ3v) is 5.12. The van der Waals surface area contributed by atoms with Crippen LogP contribution in [0.25, 0.3) is 0 Å². The summed E-state index contributed by atoms with van der Waals surface area (Å²) in [5.74, 6) is -0.203. The van der Waals surface area contributed by atoms with E-state index in [-0.39, 0.29) is 5.75 Å². The number of ether oxygens (including phenoxy) is 1. The van der Waals surface area contributed by atoms with Crippen molar-refractivity contribution in [3.8, 4) is 0 Å². The summed E-state index contributed by atoms with van der Waals surface area (Å²) in [7, 11) is 1.65. The Hall–Kier alpha value is 0.190. The van der Waals surface area contributed by atoms with E-state index in [1.165, 1.54) is 11.3 Å². The summed E-state index contributed by atoms with van der Waals surface area (Å²) < 4.78 is 27.2. The van der Waals surface area contributed by atoms with Crippen LogP contribution in [0.4, 0.5) is 0 Å². The van der Waals surface area contributed by atoms with Crippen LogP contribution in [0.1, 0.15) is 15.3 Å². The van der Waals surface area contributed by atoms with E-state index in [9.17, 15) is 8.42 Å². The average Bonchev–Trinajstić information content (AvgIpc) is 2.42. The minimum atomic E-state index is -3.54. The van der Waals surface area contributed by atoms with Crippen molar-refractivity contribution in [1.29, 1.82) is 0 Å². The van der Waals surface area contributed by atoms with Crippen molar-refractivity contribution in [1.82, 2.24) is 0 Å². The van der Waals surface area contributed by atoms with Gasteiger partial charge in [0.25, 0.3) is 0 Å². The Morgan fingerprint density at radius 1 is 1.47 bits per heavy atom. The molecule has 3 nitrogen and oxygen atoms in total. The fourth-order valence-corrected chi connectivity index (χ4v) is 4.63. The summed E-state index contributed by atoms with van der Waals surface area (Å²) in [5.41, 5.74) is 0.920. The highest BCUT2D eigenvalue weighted by atomic mass is 35.7. The van der Waals surface area contributed by atoms with Gasteiger partial charge in [0.1, 0.15) is 5.75 Å². The summed E-state index contributed by atoms with van der Waals surface area (Å²) in [6.45, 7) is 1.13. The molecule has 0 amide bonds. The van der Waals surface area contributed by atoms with E-state index in [0.717, 1.165) is 16.9 Å². The quantitative estimate of drug-likeness (QED) is 0.785. The Balaban J connectivity index is 2.37. The Kier molecular flexibility index (Phi) is 3.28. The van der Waals surface area contributed by atoms with E-state index in [1.807, 2.05) is 0 Å². The van der Waals surface area contributed by atoms with Crippen LogP contribution in [-0.2, 0) is 32.6 Å². The number of fused-ring (bicyclic) bond motifs is 1. The number of thiophene rings is 1. The molecule has 0 saturated heterocycles. The number of hydrogen-bond donors (Lipinski definition) is 0. The molecule has 0 unspecified atom stereocenters. The highest BCUT2D eigenvalue weighted by molar-refractivity contribution is 8.13. The molecule has 0 radical (unpaired) electrons. The van der Waals surface area contributed by atoms with Crippen LogP contribution in [0.3, 0.4) is 0 Å². The van der Waals surface area contributed by atoms with Crippen LogP contribution in [0.5, 0.6) is 0 Å². The van der Waals surface area contributed by atoms with Crippen molar-refractivity contribution in [3.63, 3.8) is 0 Å². The zero-order chi connectivity index (χ0) is 11.1. The molecule has 0 fully saturated rings. The van der Waals surface area contributed by atoms with Crippen molar-refractivity contribution in [2.75, 3.05) is 6.61 Å². The van der Waals surface area contributed by atoms with E-state index in [0.29, 0.717) is 23.1 Å². The summed E-state index contributed by atoms with van der Waals surface area (Å²) >= 11 is 7.47. The first-order chi connectivity index (χ1) is 6.97. The van der Waals surface area contributed by atoms with Crippen molar-refractivity contribution in [2.24, 2.45) is 0 Å². The van der Waals surface area contributed by atoms with Crippen LogP contribution in [0.15, 0.2) is 0 Å². The van der Waals surface area contributed by atoms with Gasteiger partial charge in [0.2, 0.25) is 9.05 Å². The first kappa shape index (κ1) is 11.7. The third-order valence-electron chi connectivity index (χ3n) is 2.12. The first-order valence-electron chi connectivity index (χ1n) is 4.26. The van der Waals surface area contributed by atoms with E-state index in [2.05, 4.69) is 0 Å². The van der Waals surface area contributed by atoms with Crippen molar-refractivity contribution >= 4 is 42.7 Å². The molecule has 0 aliphatic carbocycles. The molecule has 0 aromatic carbocycles. The zero-order valence-corrected chi connectivity index (χ0v) is 10.8. The standard InChI is InChI=1S/C8H8Cl2O3S2/c9-8-5-3-13-2-1-6(5)14-7(8)4-15(10,11)12/h1-4H2. The Labute approximate surface area is 101 Å². The van der Waals surface area contributed by atoms with Gasteiger partial charge in [-0.1, -0.05) is 11.6 Å². The Bertz CT molecular complexity index is 478. The second kappa shape index (κ2) is 4.22. The molecule has 1 aliphatic heterocycles. The van der Waals surface area contributed by atoms with Gasteiger partial charge in [-0.25, -0.2) is 8.42 Å². The lowest BCUT2D eigenvalue weighted by Crippen LogP contribution is -2.06. The molecule has 1 aromatic heterocycles. The highest BCUT2D eigenvalue weighted by Gasteiger charge is 2.22. The zero-order valence-electron chi connectivity index (χ0n) is 7.63. The lowest BCUT2D eigenvalue weighted by molar-refractivity contribution is 0.112. The smallest absolute Gasteiger partial charge is 0.237 e. The van der Waals surface area contributed by atoms with Gasteiger partial charge in [0.15, 0.2) is 0 Å². The molecule has 1 aromatic rings. The average molecular weight is 287 g/mol. The van der Waals surface area contributed by atoms with Crippen molar-refractivity contribution in [2.45, 2.75) is 18.8 Å². The third kappa shape index (κ3) is 2.65. The van der Waals surface area contributed by atoms with Gasteiger partial charge in [-0.05, 0) is 0 Å². The van der Waals surface area contributed by atoms with E-state index < -0.39 is 9.05 Å². The molecule has 0 atom stereocenters. The molecule has 0 N–H and O–H groups in total. The molecule has 84 valence electrons. The van der Waals surface area contributed by atoms with Gasteiger partial charge >= 0.3 is 0 Å². The molecule has 15 heavy (non-hydrogen) atoms. The van der Waals surface area contributed by atoms with Gasteiger partial charge < -0.3 is 4.74 Å². The normalized spacial score (nSPS) is 16.4. The minimum Gasteiger partial charge on any atom is -0.376 e. The number of halogens is 2. The van der Waals surface area contributed by atoms with Crippen molar-refractivity contribution in [3.05, 3.63) is 20.3 Å². The van der Waals surface area contributed by atoms with Crippen LogP contribution in [-0.4, -0.2) is 15.0 Å². The summed E-state index contributed by atoms with van der Waals surface area (Å²) in [4.78, 5) is 1.73. The van der Waals surface area contributed by atoms with Crippen molar-refractivity contribution < 1.29 is 13.2 Å². The molecular weight excluding hydrogens is 279 g/mol. The molecular formula is C8H8Cl2O3S2. The van der Waals surface area contributed by atoms with Crippen LogP contribution in [0, 0.1) is 0 Å². The topological polar surface area (TPSA) is 43.4 Å². The van der Waals surface area contributed by atoms with Crippen LogP contribution >= 0.6 is 33.6 Å². The predicted molar refractivity (Wildman–Crippen MR) is 61.2 cm³/mol. The second-order valence-corrected chi connectivity index (χ2v) is 7.57. The maximum Gasteiger partial charge on any atom is 0.237 e. The fraction of sp³-hybridized carbons (Fsp3) is 0.500. The molecule has 0 bridgehead atoms. The molecule has 2 heterocycles. The summed E-state index contributed by atoms with van der Waals surface area (Å²) in [6.07, 6.45) is 0.794. The predicted octanol–water partition coefficient (Wildman–Crippen LogP) is 2.54. The maximum atomic E-state index is 10.9. The largest absolute Gasteiger partial charge is 0.376 e. The monoisotopic (exact) mass is 286 g/mol. The number of rotatable bonds is 2. The molecule has 0 saturated carbocycles. The van der Waals surface area contributed by atoms with E-state index in [1.54, 1.807) is 0 Å². The van der Waals surface area contributed by atoms with Gasteiger partial charge in [-0.3, -0.25) is 0 Å². The van der Waals surface area contributed by atoms with Gasteiger partial charge in [0, 0.05) is 32.4 Å². The second-order valence-electron chi connectivity index (χ2n) is 3.23. The SMILES string of the molecule is O=S(=O)(Cl)Cc1sc2c(c1Cl)COCC2. The number of hydrogen-bond acceptors (Lipinski definition) is 4. The molecule has 0 spiro atoms. The lowest BCUT2D eigenvalue weighted by Gasteiger charge is -2.11. The summed E-state index contributed by atoms with van der Waals surface area (Å²) in [5, 5.41) is 0.499. The molecule has 7 heteroatoms. The highest BCUT2D eigenvalue weighted by Crippen LogP contribution is 2.37. The lowest BCUT2D eigenvalue weighted by atomic mass is 10.2. The Morgan fingerprint density at radius 3 is 2.80 bits per heavy atom. The van der Waals surface area contributed by atoms with E-state index >= 15 is 0 Å². The van der Waals surface area contributed by atoms with Gasteiger partial charge in [-0.15, -0.1) is 11.3 Å². The fourth-order valence-electron chi connectivity index (χ4n) is 1.48. The van der Waals surface area contributed by atoms with Gasteiger partial charge in [0.05, 0.1) is 18.2 Å². The van der Waals surface area contributed by atoms with Crippen LogP contribution < -0.4 is 0 Å². The Morgan fingerprint density at radius 2 is 2.20 bits per heavy atom. The van der Waals surface area contributed by atoms with E-state index in [4.69, 9.17) is 27.0 Å². The maximum absolute atomic E-state index is 10.9.